The number of likely N-dealkylation sites (N-methyl/N-ethyl adjacent to an activating group) is 2. The summed E-state index contributed by atoms with van der Waals surface area (Å²) in [6.45, 7) is 12.1. The molecule has 0 aliphatic carbocycles. The molecule has 1 fully saturated rings. The first-order chi connectivity index (χ1) is 23.6. The van der Waals surface area contributed by atoms with Crippen molar-refractivity contribution in [3.8, 4) is 0 Å². The number of carbonyl (C=O) groups is 4. The number of nitrogens with one attached hydrogen (secondary N) is 2. The second-order valence-electron chi connectivity index (χ2n) is 14.3. The summed E-state index contributed by atoms with van der Waals surface area (Å²) < 4.78 is 11.8. The van der Waals surface area contributed by atoms with E-state index in [0.717, 1.165) is 12.1 Å². The van der Waals surface area contributed by atoms with Crippen LogP contribution in [0.5, 0.6) is 0 Å². The average Bonchev–Trinajstić information content (AvgIpc) is 3.56. The van der Waals surface area contributed by atoms with Gasteiger partial charge in [-0.3, -0.25) is 29.1 Å². The van der Waals surface area contributed by atoms with Crippen molar-refractivity contribution in [3.63, 3.8) is 0 Å². The molecule has 9 atom stereocenters. The predicted molar refractivity (Wildman–Crippen MR) is 193 cm³/mol. The van der Waals surface area contributed by atoms with Crippen LogP contribution in [-0.4, -0.2) is 139 Å². The lowest BCUT2D eigenvalue weighted by Gasteiger charge is -2.41. The van der Waals surface area contributed by atoms with E-state index in [1.807, 2.05) is 52.8 Å². The molecule has 4 amide bonds. The number of aliphatic hydroxyl groups is 1. The van der Waals surface area contributed by atoms with E-state index in [2.05, 4.69) is 15.6 Å². The SMILES string of the molecule is CC[C@H](C)[C@@H]([C@@H](CC(=O)N1CCC[C@H]1[C@H](OC)[C@@H](C)C(=O)NCCc1ccccn1)OC)N(C)C(=O)[C@@H](NC(=O)[C@H](C(C)C)N(C)C)[C@@H](C)O. The number of ether oxygens (including phenoxy) is 2. The van der Waals surface area contributed by atoms with Crippen LogP contribution in [0.15, 0.2) is 24.4 Å². The van der Waals surface area contributed by atoms with E-state index in [9.17, 15) is 24.3 Å². The minimum Gasteiger partial charge on any atom is -0.391 e. The maximum absolute atomic E-state index is 14.0. The first-order valence-corrected chi connectivity index (χ1v) is 18.0. The van der Waals surface area contributed by atoms with E-state index in [0.29, 0.717) is 32.4 Å². The number of aromatic nitrogens is 1. The molecule has 13 nitrogen and oxygen atoms in total. The van der Waals surface area contributed by atoms with Crippen molar-refractivity contribution in [3.05, 3.63) is 30.1 Å². The number of hydrogen-bond acceptors (Lipinski definition) is 9. The normalized spacial score (nSPS) is 19.6. The topological polar surface area (TPSA) is 154 Å². The summed E-state index contributed by atoms with van der Waals surface area (Å²) in [5, 5.41) is 16.5. The molecule has 0 saturated carbocycles. The number of nitrogens with zero attached hydrogens (tertiary/aromatic N) is 4. The molecular formula is C37H64N6O7. The minimum absolute atomic E-state index is 0.00245. The molecule has 1 saturated heterocycles. The molecule has 0 bridgehead atoms. The van der Waals surface area contributed by atoms with Crippen molar-refractivity contribution in [1.29, 1.82) is 0 Å². The molecule has 50 heavy (non-hydrogen) atoms. The van der Waals surface area contributed by atoms with Gasteiger partial charge in [-0.05, 0) is 57.8 Å². The lowest BCUT2D eigenvalue weighted by Crippen LogP contribution is -2.61. The van der Waals surface area contributed by atoms with Crippen molar-refractivity contribution >= 4 is 23.6 Å². The first-order valence-electron chi connectivity index (χ1n) is 18.0. The maximum Gasteiger partial charge on any atom is 0.247 e. The summed E-state index contributed by atoms with van der Waals surface area (Å²) >= 11 is 0. The third-order valence-electron chi connectivity index (χ3n) is 10.2. The van der Waals surface area contributed by atoms with Gasteiger partial charge in [0, 0.05) is 52.7 Å². The molecule has 1 aromatic heterocycles. The molecule has 1 aliphatic rings. The molecule has 284 valence electrons. The Kier molecular flexibility index (Phi) is 17.8. The summed E-state index contributed by atoms with van der Waals surface area (Å²) in [6, 6.07) is 3.17. The van der Waals surface area contributed by atoms with Gasteiger partial charge in [0.25, 0.3) is 0 Å². The van der Waals surface area contributed by atoms with Crippen LogP contribution in [0.3, 0.4) is 0 Å². The highest BCUT2D eigenvalue weighted by molar-refractivity contribution is 5.90. The second-order valence-corrected chi connectivity index (χ2v) is 14.3. The lowest BCUT2D eigenvalue weighted by atomic mass is 9.89. The Bertz CT molecular complexity index is 1210. The highest BCUT2D eigenvalue weighted by atomic mass is 16.5. The molecule has 0 unspecified atom stereocenters. The van der Waals surface area contributed by atoms with Crippen molar-refractivity contribution in [2.75, 3.05) is 48.5 Å². The average molecular weight is 705 g/mol. The zero-order valence-electron chi connectivity index (χ0n) is 32.2. The molecule has 0 spiro atoms. The highest BCUT2D eigenvalue weighted by Gasteiger charge is 2.43. The van der Waals surface area contributed by atoms with Gasteiger partial charge < -0.3 is 35.0 Å². The van der Waals surface area contributed by atoms with Crippen molar-refractivity contribution < 1.29 is 33.8 Å². The van der Waals surface area contributed by atoms with Gasteiger partial charge in [0.1, 0.15) is 6.04 Å². The van der Waals surface area contributed by atoms with Crippen molar-refractivity contribution in [2.45, 2.75) is 116 Å². The summed E-state index contributed by atoms with van der Waals surface area (Å²) in [6.07, 6.45) is 2.16. The van der Waals surface area contributed by atoms with Crippen LogP contribution in [0.4, 0.5) is 0 Å². The Balaban J connectivity index is 2.21. The van der Waals surface area contributed by atoms with Gasteiger partial charge in [-0.15, -0.1) is 0 Å². The van der Waals surface area contributed by atoms with Crippen LogP contribution in [0, 0.1) is 17.8 Å². The number of likely N-dealkylation sites (tertiary alicyclic amines) is 1. The van der Waals surface area contributed by atoms with Crippen LogP contribution >= 0.6 is 0 Å². The van der Waals surface area contributed by atoms with Gasteiger partial charge in [0.2, 0.25) is 23.6 Å². The summed E-state index contributed by atoms with van der Waals surface area (Å²) in [7, 11) is 8.33. The van der Waals surface area contributed by atoms with Gasteiger partial charge >= 0.3 is 0 Å². The molecule has 1 aliphatic heterocycles. The third kappa shape index (κ3) is 11.4. The molecule has 2 rings (SSSR count). The van der Waals surface area contributed by atoms with Gasteiger partial charge in [0.15, 0.2) is 0 Å². The highest BCUT2D eigenvalue weighted by Crippen LogP contribution is 2.29. The van der Waals surface area contributed by atoms with Crippen LogP contribution in [-0.2, 0) is 35.1 Å². The number of amides is 4. The van der Waals surface area contributed by atoms with E-state index < -0.39 is 48.3 Å². The summed E-state index contributed by atoms with van der Waals surface area (Å²) in [4.78, 5) is 63.9. The molecule has 0 aromatic carbocycles. The Morgan fingerprint density at radius 2 is 1.72 bits per heavy atom. The number of hydrogen-bond donors (Lipinski definition) is 3. The summed E-state index contributed by atoms with van der Waals surface area (Å²) in [5.41, 5.74) is 0.891. The van der Waals surface area contributed by atoms with Crippen molar-refractivity contribution in [2.24, 2.45) is 17.8 Å². The van der Waals surface area contributed by atoms with Gasteiger partial charge in [-0.1, -0.05) is 47.1 Å². The Morgan fingerprint density at radius 3 is 2.24 bits per heavy atom. The zero-order valence-corrected chi connectivity index (χ0v) is 32.2. The van der Waals surface area contributed by atoms with Gasteiger partial charge in [-0.25, -0.2) is 0 Å². The molecule has 13 heteroatoms. The smallest absolute Gasteiger partial charge is 0.247 e. The number of methoxy groups -OCH3 is 2. The van der Waals surface area contributed by atoms with E-state index in [4.69, 9.17) is 9.47 Å². The van der Waals surface area contributed by atoms with E-state index in [1.165, 1.54) is 18.9 Å². The summed E-state index contributed by atoms with van der Waals surface area (Å²) in [5.74, 6) is -1.71. The number of carbonyl (C=O) groups excluding carboxylic acids is 4. The number of pyridine rings is 1. The van der Waals surface area contributed by atoms with Crippen LogP contribution < -0.4 is 10.6 Å². The number of aliphatic hydroxyl groups excluding tert-OH is 1. The van der Waals surface area contributed by atoms with Crippen LogP contribution in [0.1, 0.15) is 72.9 Å². The van der Waals surface area contributed by atoms with Crippen molar-refractivity contribution in [1.82, 2.24) is 30.3 Å². The Hall–Kier alpha value is -3.13. The molecule has 2 heterocycles. The Morgan fingerprint density at radius 1 is 1.04 bits per heavy atom. The molecule has 0 radical (unpaired) electrons. The predicted octanol–water partition coefficient (Wildman–Crippen LogP) is 2.11. The van der Waals surface area contributed by atoms with Crippen LogP contribution in [0.25, 0.3) is 0 Å². The quantitative estimate of drug-likeness (QED) is 0.185. The minimum atomic E-state index is -1.18. The van der Waals surface area contributed by atoms with E-state index in [1.54, 1.807) is 44.2 Å². The molecule has 1 aromatic rings. The monoisotopic (exact) mass is 704 g/mol. The van der Waals surface area contributed by atoms with Gasteiger partial charge in [0.05, 0.1) is 48.8 Å². The largest absolute Gasteiger partial charge is 0.391 e. The zero-order chi connectivity index (χ0) is 37.7. The molecule has 3 N–H and O–H groups in total. The third-order valence-corrected chi connectivity index (χ3v) is 10.2. The maximum atomic E-state index is 14.0. The first kappa shape index (κ1) is 43.0. The van der Waals surface area contributed by atoms with Gasteiger partial charge in [-0.2, -0.15) is 0 Å². The second kappa shape index (κ2) is 20.7. The van der Waals surface area contributed by atoms with E-state index in [-0.39, 0.29) is 42.0 Å². The standard InChI is InChI=1S/C37H64N6O7/c1-12-24(4)33(42(9)37(48)31(26(6)44)40-36(47)32(23(2)3)41(7)8)29(49-10)22-30(45)43-21-15-17-28(43)34(50-11)25(5)35(46)39-20-18-27-16-13-14-19-38-27/h13-14,16,19,23-26,28-29,31-34,44H,12,15,17-18,20-22H2,1-11H3,(H,39,46)(H,40,47)/t24-,25+,26+,28-,29+,31-,32-,33-,34+/m0/s1. The fourth-order valence-corrected chi connectivity index (χ4v) is 7.31. The molecular weight excluding hydrogens is 640 g/mol. The number of rotatable bonds is 20. The van der Waals surface area contributed by atoms with E-state index >= 15 is 0 Å². The Labute approximate surface area is 299 Å². The lowest BCUT2D eigenvalue weighted by molar-refractivity contribution is -0.149. The van der Waals surface area contributed by atoms with Crippen LogP contribution in [0.2, 0.25) is 0 Å². The fourth-order valence-electron chi connectivity index (χ4n) is 7.31. The fraction of sp³-hybridized carbons (Fsp3) is 0.757.